The van der Waals surface area contributed by atoms with Gasteiger partial charge < -0.3 is 15.6 Å². The normalized spacial score (nSPS) is 13.7. The Morgan fingerprint density at radius 2 is 1.90 bits per heavy atom. The number of ether oxygens (including phenoxy) is 1. The molecule has 2 rings (SSSR count). The van der Waals surface area contributed by atoms with Crippen LogP contribution in [0.1, 0.15) is 35.6 Å². The Balaban J connectivity index is 2.34. The molecule has 0 saturated heterocycles. The molecule has 2 atom stereocenters. The lowest BCUT2D eigenvalue weighted by atomic mass is 9.88. The first-order valence-corrected chi connectivity index (χ1v) is 7.33. The van der Waals surface area contributed by atoms with Crippen LogP contribution < -0.4 is 10.5 Å². The molecule has 0 saturated carbocycles. The van der Waals surface area contributed by atoms with Gasteiger partial charge in [0.25, 0.3) is 0 Å². The Bertz CT molecular complexity index is 583. The van der Waals surface area contributed by atoms with Crippen LogP contribution in [-0.2, 0) is 0 Å². The highest BCUT2D eigenvalue weighted by Crippen LogP contribution is 2.35. The van der Waals surface area contributed by atoms with Gasteiger partial charge in [-0.2, -0.15) is 0 Å². The first kappa shape index (κ1) is 15.5. The molecule has 0 aromatic heterocycles. The third kappa shape index (κ3) is 3.63. The second kappa shape index (κ2) is 7.25. The van der Waals surface area contributed by atoms with E-state index in [1.54, 1.807) is 0 Å². The molecule has 112 valence electrons. The summed E-state index contributed by atoms with van der Waals surface area (Å²) >= 11 is 0. The van der Waals surface area contributed by atoms with E-state index >= 15 is 0 Å². The highest BCUT2D eigenvalue weighted by molar-refractivity contribution is 5.38. The average molecular weight is 285 g/mol. The van der Waals surface area contributed by atoms with Crippen molar-refractivity contribution < 1.29 is 9.84 Å². The number of benzene rings is 2. The monoisotopic (exact) mass is 285 g/mol. The summed E-state index contributed by atoms with van der Waals surface area (Å²) in [7, 11) is 0. The van der Waals surface area contributed by atoms with Crippen molar-refractivity contribution in [3.8, 4) is 5.75 Å². The first-order valence-electron chi connectivity index (χ1n) is 7.33. The van der Waals surface area contributed by atoms with Crippen molar-refractivity contribution in [1.29, 1.82) is 0 Å². The van der Waals surface area contributed by atoms with Crippen LogP contribution in [0.25, 0.3) is 0 Å². The summed E-state index contributed by atoms with van der Waals surface area (Å²) in [6.45, 7) is 4.92. The molecule has 3 heteroatoms. The largest absolute Gasteiger partial charge is 0.493 e. The number of hydrogen-bond donors (Lipinski definition) is 2. The van der Waals surface area contributed by atoms with Gasteiger partial charge in [0.1, 0.15) is 5.75 Å². The fraction of sp³-hybridized carbons (Fsp3) is 0.333. The van der Waals surface area contributed by atoms with Crippen molar-refractivity contribution in [2.75, 3.05) is 13.2 Å². The van der Waals surface area contributed by atoms with Gasteiger partial charge in [-0.1, -0.05) is 48.0 Å². The third-order valence-corrected chi connectivity index (χ3v) is 3.64. The van der Waals surface area contributed by atoms with Crippen LogP contribution in [0, 0.1) is 6.92 Å². The zero-order valence-corrected chi connectivity index (χ0v) is 12.6. The number of aliphatic hydroxyl groups excluding tert-OH is 1. The van der Waals surface area contributed by atoms with Crippen LogP contribution in [0.2, 0.25) is 0 Å². The highest BCUT2D eigenvalue weighted by Gasteiger charge is 2.24. The predicted molar refractivity (Wildman–Crippen MR) is 85.5 cm³/mol. The number of rotatable bonds is 6. The van der Waals surface area contributed by atoms with Crippen LogP contribution in [0.3, 0.4) is 0 Å². The number of para-hydroxylation sites is 1. The van der Waals surface area contributed by atoms with E-state index in [1.807, 2.05) is 56.3 Å². The molecule has 0 fully saturated rings. The van der Waals surface area contributed by atoms with Gasteiger partial charge in [0, 0.05) is 18.0 Å². The molecule has 21 heavy (non-hydrogen) atoms. The fourth-order valence-electron chi connectivity index (χ4n) is 2.58. The Kier molecular flexibility index (Phi) is 5.37. The quantitative estimate of drug-likeness (QED) is 0.857. The molecule has 0 radical (unpaired) electrons. The van der Waals surface area contributed by atoms with E-state index in [9.17, 15) is 5.11 Å². The molecule has 2 aromatic rings. The van der Waals surface area contributed by atoms with Gasteiger partial charge in [0.15, 0.2) is 0 Å². The lowest BCUT2D eigenvalue weighted by Crippen LogP contribution is -2.20. The predicted octanol–water partition coefficient (Wildman–Crippen LogP) is 3.17. The number of hydrogen-bond acceptors (Lipinski definition) is 3. The second-order valence-electron chi connectivity index (χ2n) is 5.17. The minimum atomic E-state index is -0.681. The molecule has 0 amide bonds. The molecule has 0 aliphatic heterocycles. The van der Waals surface area contributed by atoms with Gasteiger partial charge in [-0.05, 0) is 25.5 Å². The maximum absolute atomic E-state index is 10.8. The van der Waals surface area contributed by atoms with Crippen molar-refractivity contribution in [1.82, 2.24) is 0 Å². The lowest BCUT2D eigenvalue weighted by molar-refractivity contribution is 0.142. The molecule has 0 aliphatic rings. The molecule has 2 unspecified atom stereocenters. The Morgan fingerprint density at radius 3 is 2.57 bits per heavy atom. The molecular weight excluding hydrogens is 262 g/mol. The summed E-state index contributed by atoms with van der Waals surface area (Å²) in [5.74, 6) is 0.574. The van der Waals surface area contributed by atoms with E-state index in [0.29, 0.717) is 13.2 Å². The summed E-state index contributed by atoms with van der Waals surface area (Å²) < 4.78 is 5.61. The van der Waals surface area contributed by atoms with E-state index in [-0.39, 0.29) is 5.92 Å². The van der Waals surface area contributed by atoms with Gasteiger partial charge >= 0.3 is 0 Å². The Labute approximate surface area is 126 Å². The molecule has 0 spiro atoms. The van der Waals surface area contributed by atoms with Gasteiger partial charge in [0.05, 0.1) is 12.7 Å². The topological polar surface area (TPSA) is 55.5 Å². The Morgan fingerprint density at radius 1 is 1.14 bits per heavy atom. The summed E-state index contributed by atoms with van der Waals surface area (Å²) in [5, 5.41) is 10.8. The van der Waals surface area contributed by atoms with Gasteiger partial charge in [0.2, 0.25) is 0 Å². The minimum absolute atomic E-state index is 0.147. The smallest absolute Gasteiger partial charge is 0.125 e. The molecule has 0 bridgehead atoms. The van der Waals surface area contributed by atoms with Crippen LogP contribution >= 0.6 is 0 Å². The molecule has 3 nitrogen and oxygen atoms in total. The van der Waals surface area contributed by atoms with Gasteiger partial charge in [-0.15, -0.1) is 0 Å². The number of aliphatic hydroxyl groups is 1. The van der Waals surface area contributed by atoms with Crippen molar-refractivity contribution in [3.63, 3.8) is 0 Å². The SMILES string of the molecule is CCOc1ccccc1C(O)C(CN)c1cccc(C)c1. The average Bonchev–Trinajstić information content (AvgIpc) is 2.49. The highest BCUT2D eigenvalue weighted by atomic mass is 16.5. The van der Waals surface area contributed by atoms with Crippen molar-refractivity contribution in [2.24, 2.45) is 5.73 Å². The number of nitrogens with two attached hydrogens (primary N) is 1. The standard InChI is InChI=1S/C18H23NO2/c1-3-21-17-10-5-4-9-15(17)18(20)16(12-19)14-8-6-7-13(2)11-14/h4-11,16,18,20H,3,12,19H2,1-2H3. The molecular formula is C18H23NO2. The van der Waals surface area contributed by atoms with E-state index in [1.165, 1.54) is 0 Å². The zero-order chi connectivity index (χ0) is 15.2. The second-order valence-corrected chi connectivity index (χ2v) is 5.17. The van der Waals surface area contributed by atoms with Crippen molar-refractivity contribution in [2.45, 2.75) is 25.9 Å². The molecule has 0 aliphatic carbocycles. The maximum Gasteiger partial charge on any atom is 0.125 e. The van der Waals surface area contributed by atoms with Gasteiger partial charge in [-0.25, -0.2) is 0 Å². The Hall–Kier alpha value is -1.84. The minimum Gasteiger partial charge on any atom is -0.493 e. The summed E-state index contributed by atoms with van der Waals surface area (Å²) in [5.41, 5.74) is 8.92. The summed E-state index contributed by atoms with van der Waals surface area (Å²) in [6, 6.07) is 15.7. The lowest BCUT2D eigenvalue weighted by Gasteiger charge is -2.24. The molecule has 0 heterocycles. The summed E-state index contributed by atoms with van der Waals surface area (Å²) in [6.07, 6.45) is -0.681. The van der Waals surface area contributed by atoms with E-state index in [2.05, 4.69) is 6.07 Å². The van der Waals surface area contributed by atoms with Crippen molar-refractivity contribution in [3.05, 3.63) is 65.2 Å². The van der Waals surface area contributed by atoms with Gasteiger partial charge in [-0.3, -0.25) is 0 Å². The van der Waals surface area contributed by atoms with E-state index < -0.39 is 6.10 Å². The molecule has 2 aromatic carbocycles. The fourth-order valence-corrected chi connectivity index (χ4v) is 2.58. The van der Waals surface area contributed by atoms with Crippen LogP contribution in [-0.4, -0.2) is 18.3 Å². The van der Waals surface area contributed by atoms with Crippen LogP contribution in [0.4, 0.5) is 0 Å². The molecule has 3 N–H and O–H groups in total. The third-order valence-electron chi connectivity index (χ3n) is 3.64. The maximum atomic E-state index is 10.8. The zero-order valence-electron chi connectivity index (χ0n) is 12.6. The van der Waals surface area contributed by atoms with Crippen molar-refractivity contribution >= 4 is 0 Å². The summed E-state index contributed by atoms with van der Waals surface area (Å²) in [4.78, 5) is 0. The number of aryl methyl sites for hydroxylation is 1. The first-order chi connectivity index (χ1) is 10.2. The van der Waals surface area contributed by atoms with E-state index in [4.69, 9.17) is 10.5 Å². The van der Waals surface area contributed by atoms with Crippen LogP contribution in [0.15, 0.2) is 48.5 Å². The van der Waals surface area contributed by atoms with E-state index in [0.717, 1.165) is 22.4 Å². The van der Waals surface area contributed by atoms with Crippen LogP contribution in [0.5, 0.6) is 5.75 Å².